The van der Waals surface area contributed by atoms with Crippen LogP contribution in [0.2, 0.25) is 0 Å². The normalized spacial score (nSPS) is 10.7. The Kier molecular flexibility index (Phi) is 5.15. The molecular weight excluding hydrogens is 342 g/mol. The fourth-order valence-corrected chi connectivity index (χ4v) is 3.03. The topological polar surface area (TPSA) is 71.1 Å². The Balaban J connectivity index is 1.58. The Morgan fingerprint density at radius 1 is 1.00 bits per heavy atom. The number of thiophene rings is 1. The van der Waals surface area contributed by atoms with E-state index in [1.807, 2.05) is 17.5 Å². The molecule has 3 rings (SSSR count). The summed E-state index contributed by atoms with van der Waals surface area (Å²) in [4.78, 5) is 28.9. The van der Waals surface area contributed by atoms with E-state index in [9.17, 15) is 9.59 Å². The van der Waals surface area contributed by atoms with E-state index in [4.69, 9.17) is 0 Å². The van der Waals surface area contributed by atoms with Crippen molar-refractivity contribution in [2.75, 3.05) is 10.6 Å². The van der Waals surface area contributed by atoms with E-state index in [0.29, 0.717) is 16.4 Å². The van der Waals surface area contributed by atoms with E-state index in [0.717, 1.165) is 4.88 Å². The summed E-state index contributed by atoms with van der Waals surface area (Å²) in [6.07, 6.45) is 4.87. The molecule has 0 radical (unpaired) electrons. The predicted molar refractivity (Wildman–Crippen MR) is 98.5 cm³/mol. The van der Waals surface area contributed by atoms with E-state index in [1.54, 1.807) is 53.3 Å². The van der Waals surface area contributed by atoms with Gasteiger partial charge >= 0.3 is 0 Å². The number of anilines is 2. The number of hydrogen-bond donors (Lipinski definition) is 2. The molecule has 120 valence electrons. The maximum atomic E-state index is 12.0. The van der Waals surface area contributed by atoms with Crippen LogP contribution >= 0.6 is 22.7 Å². The lowest BCUT2D eigenvalue weighted by atomic mass is 10.2. The molecule has 0 spiro atoms. The standard InChI is InChI=1S/C17H13N3O2S2/c21-15(8-7-14-2-1-10-23-14)19-13-5-3-12(4-6-13)16(22)20-17-18-9-11-24-17/h1-11H,(H,19,21)(H,18,20,22)/b8-7+. The molecule has 2 aromatic heterocycles. The highest BCUT2D eigenvalue weighted by atomic mass is 32.1. The molecule has 0 unspecified atom stereocenters. The second-order valence-electron chi connectivity index (χ2n) is 4.71. The first-order valence-corrected chi connectivity index (χ1v) is 8.80. The summed E-state index contributed by atoms with van der Waals surface area (Å²) in [5.74, 6) is -0.455. The molecule has 0 aliphatic heterocycles. The number of carbonyl (C=O) groups is 2. The summed E-state index contributed by atoms with van der Waals surface area (Å²) < 4.78 is 0. The van der Waals surface area contributed by atoms with Crippen molar-refractivity contribution in [2.24, 2.45) is 0 Å². The van der Waals surface area contributed by atoms with Gasteiger partial charge < -0.3 is 5.32 Å². The summed E-state index contributed by atoms with van der Waals surface area (Å²) in [6.45, 7) is 0. The number of amides is 2. The smallest absolute Gasteiger partial charge is 0.257 e. The van der Waals surface area contributed by atoms with E-state index >= 15 is 0 Å². The fourth-order valence-electron chi connectivity index (χ4n) is 1.89. The Morgan fingerprint density at radius 2 is 1.83 bits per heavy atom. The van der Waals surface area contributed by atoms with Crippen LogP contribution in [-0.4, -0.2) is 16.8 Å². The maximum Gasteiger partial charge on any atom is 0.257 e. The first-order valence-electron chi connectivity index (χ1n) is 7.04. The van der Waals surface area contributed by atoms with Crippen LogP contribution in [-0.2, 0) is 4.79 Å². The quantitative estimate of drug-likeness (QED) is 0.677. The molecule has 24 heavy (non-hydrogen) atoms. The summed E-state index contributed by atoms with van der Waals surface area (Å²) in [7, 11) is 0. The number of nitrogens with zero attached hydrogens (tertiary/aromatic N) is 1. The first kappa shape index (κ1) is 16.1. The lowest BCUT2D eigenvalue weighted by Crippen LogP contribution is -2.12. The van der Waals surface area contributed by atoms with Crippen LogP contribution in [0.15, 0.2) is 59.4 Å². The molecule has 0 bridgehead atoms. The van der Waals surface area contributed by atoms with Crippen molar-refractivity contribution in [1.82, 2.24) is 4.98 Å². The predicted octanol–water partition coefficient (Wildman–Crippen LogP) is 4.11. The van der Waals surface area contributed by atoms with Gasteiger partial charge in [-0.2, -0.15) is 0 Å². The summed E-state index contributed by atoms with van der Waals surface area (Å²) in [5.41, 5.74) is 1.12. The molecule has 3 aromatic rings. The molecule has 7 heteroatoms. The number of benzene rings is 1. The molecule has 2 amide bonds. The van der Waals surface area contributed by atoms with Gasteiger partial charge in [-0.15, -0.1) is 22.7 Å². The zero-order valence-electron chi connectivity index (χ0n) is 12.4. The van der Waals surface area contributed by atoms with Gasteiger partial charge in [0, 0.05) is 33.8 Å². The van der Waals surface area contributed by atoms with Crippen molar-refractivity contribution < 1.29 is 9.59 Å². The molecule has 2 N–H and O–H groups in total. The SMILES string of the molecule is O=C(/C=C/c1cccs1)Nc1ccc(C(=O)Nc2nccs2)cc1. The van der Waals surface area contributed by atoms with Crippen LogP contribution in [0.3, 0.4) is 0 Å². The minimum atomic E-state index is -0.236. The van der Waals surface area contributed by atoms with Gasteiger partial charge in [0.05, 0.1) is 0 Å². The largest absolute Gasteiger partial charge is 0.323 e. The zero-order chi connectivity index (χ0) is 16.8. The van der Waals surface area contributed by atoms with Crippen LogP contribution < -0.4 is 10.6 Å². The molecule has 0 aliphatic carbocycles. The highest BCUT2D eigenvalue weighted by molar-refractivity contribution is 7.13. The molecule has 2 heterocycles. The lowest BCUT2D eigenvalue weighted by Gasteiger charge is -2.04. The number of nitrogens with one attached hydrogen (secondary N) is 2. The van der Waals surface area contributed by atoms with Crippen LogP contribution in [0.4, 0.5) is 10.8 Å². The fraction of sp³-hybridized carbons (Fsp3) is 0. The molecule has 0 atom stereocenters. The number of hydrogen-bond acceptors (Lipinski definition) is 5. The van der Waals surface area contributed by atoms with E-state index in [-0.39, 0.29) is 11.8 Å². The van der Waals surface area contributed by atoms with Crippen molar-refractivity contribution in [3.05, 3.63) is 69.9 Å². The van der Waals surface area contributed by atoms with Crippen molar-refractivity contribution in [2.45, 2.75) is 0 Å². The van der Waals surface area contributed by atoms with E-state index in [1.165, 1.54) is 17.4 Å². The van der Waals surface area contributed by atoms with Gasteiger partial charge in [-0.3, -0.25) is 14.9 Å². The van der Waals surface area contributed by atoms with Crippen molar-refractivity contribution in [3.63, 3.8) is 0 Å². The highest BCUT2D eigenvalue weighted by Crippen LogP contribution is 2.15. The Hall–Kier alpha value is -2.77. The Morgan fingerprint density at radius 3 is 2.50 bits per heavy atom. The number of carbonyl (C=O) groups excluding carboxylic acids is 2. The average molecular weight is 355 g/mol. The minimum absolute atomic E-state index is 0.219. The van der Waals surface area contributed by atoms with Crippen molar-refractivity contribution in [3.8, 4) is 0 Å². The van der Waals surface area contributed by atoms with Crippen molar-refractivity contribution in [1.29, 1.82) is 0 Å². The molecule has 0 fully saturated rings. The third kappa shape index (κ3) is 4.37. The second-order valence-corrected chi connectivity index (χ2v) is 6.58. The minimum Gasteiger partial charge on any atom is -0.323 e. The van der Waals surface area contributed by atoms with Gasteiger partial charge in [0.2, 0.25) is 5.91 Å². The van der Waals surface area contributed by atoms with Crippen molar-refractivity contribution >= 4 is 51.4 Å². The monoisotopic (exact) mass is 355 g/mol. The van der Waals surface area contributed by atoms with Gasteiger partial charge in [-0.1, -0.05) is 6.07 Å². The van der Waals surface area contributed by atoms with E-state index < -0.39 is 0 Å². The molecule has 5 nitrogen and oxygen atoms in total. The Labute approximate surface area is 146 Å². The lowest BCUT2D eigenvalue weighted by molar-refractivity contribution is -0.111. The van der Waals surface area contributed by atoms with Crippen LogP contribution in [0.25, 0.3) is 6.08 Å². The van der Waals surface area contributed by atoms with Gasteiger partial charge in [-0.25, -0.2) is 4.98 Å². The van der Waals surface area contributed by atoms with Crippen LogP contribution in [0.1, 0.15) is 15.2 Å². The van der Waals surface area contributed by atoms with Crippen LogP contribution in [0, 0.1) is 0 Å². The number of aromatic nitrogens is 1. The summed E-state index contributed by atoms with van der Waals surface area (Å²) in [6, 6.07) is 10.5. The Bertz CT molecular complexity index is 839. The van der Waals surface area contributed by atoms with Crippen LogP contribution in [0.5, 0.6) is 0 Å². The maximum absolute atomic E-state index is 12.0. The first-order chi connectivity index (χ1) is 11.7. The average Bonchev–Trinajstić information content (AvgIpc) is 3.27. The zero-order valence-corrected chi connectivity index (χ0v) is 14.1. The third-order valence-electron chi connectivity index (χ3n) is 3.01. The van der Waals surface area contributed by atoms with E-state index in [2.05, 4.69) is 15.6 Å². The molecule has 0 saturated carbocycles. The van der Waals surface area contributed by atoms with Gasteiger partial charge in [0.1, 0.15) is 0 Å². The van der Waals surface area contributed by atoms with Gasteiger partial charge in [0.25, 0.3) is 5.91 Å². The summed E-state index contributed by atoms with van der Waals surface area (Å²) in [5, 5.41) is 9.75. The van der Waals surface area contributed by atoms with Gasteiger partial charge in [-0.05, 0) is 41.8 Å². The molecule has 0 saturated heterocycles. The molecule has 0 aliphatic rings. The number of thiazole rings is 1. The van der Waals surface area contributed by atoms with Gasteiger partial charge in [0.15, 0.2) is 5.13 Å². The molecular formula is C17H13N3O2S2. The highest BCUT2D eigenvalue weighted by Gasteiger charge is 2.07. The summed E-state index contributed by atoms with van der Waals surface area (Å²) >= 11 is 2.92. The third-order valence-corrected chi connectivity index (χ3v) is 4.54. The number of rotatable bonds is 5. The molecule has 1 aromatic carbocycles. The second kappa shape index (κ2) is 7.67.